The number of benzene rings is 1. The highest BCUT2D eigenvalue weighted by Crippen LogP contribution is 2.24. The van der Waals surface area contributed by atoms with Gasteiger partial charge in [0.05, 0.1) is 31.2 Å². The number of halogens is 1. The lowest BCUT2D eigenvalue weighted by atomic mass is 10.1. The number of hydrogen-bond donors (Lipinski definition) is 2. The van der Waals surface area contributed by atoms with Crippen LogP contribution >= 0.6 is 23.8 Å². The molecule has 0 saturated carbocycles. The summed E-state index contributed by atoms with van der Waals surface area (Å²) in [5.74, 6) is 0.206. The zero-order chi connectivity index (χ0) is 17.7. The molecule has 0 saturated heterocycles. The van der Waals surface area contributed by atoms with Crippen LogP contribution in [0.1, 0.15) is 11.1 Å². The van der Waals surface area contributed by atoms with Gasteiger partial charge in [-0.2, -0.15) is 9.78 Å². The Kier molecular flexibility index (Phi) is 5.66. The molecule has 0 spiro atoms. The van der Waals surface area contributed by atoms with Crippen LogP contribution < -0.4 is 15.9 Å². The van der Waals surface area contributed by atoms with Crippen LogP contribution in [0.4, 0.5) is 5.82 Å². The van der Waals surface area contributed by atoms with E-state index in [0.717, 1.165) is 11.1 Å². The lowest BCUT2D eigenvalue weighted by molar-refractivity contribution is -0.389. The molecule has 0 atom stereocenters. The first-order chi connectivity index (χ1) is 11.4. The molecule has 1 aromatic carbocycles. The third kappa shape index (κ3) is 4.40. The number of hydrogen-bond acceptors (Lipinski definition) is 6. The van der Waals surface area contributed by atoms with Crippen LogP contribution in [0.15, 0.2) is 29.5 Å². The Labute approximate surface area is 147 Å². The molecule has 1 aromatic heterocycles. The summed E-state index contributed by atoms with van der Waals surface area (Å²) in [6.45, 7) is 0.237. The highest BCUT2D eigenvalue weighted by atomic mass is 35.5. The van der Waals surface area contributed by atoms with Crippen molar-refractivity contribution in [1.29, 1.82) is 0 Å². The second kappa shape index (κ2) is 7.70. The van der Waals surface area contributed by atoms with E-state index in [2.05, 4.69) is 27.8 Å². The number of thiocarbonyl (C=S) groups is 1. The van der Waals surface area contributed by atoms with Gasteiger partial charge in [-0.3, -0.25) is 5.43 Å². The maximum atomic E-state index is 10.8. The average molecular weight is 369 g/mol. The van der Waals surface area contributed by atoms with Crippen LogP contribution in [0.25, 0.3) is 0 Å². The van der Waals surface area contributed by atoms with E-state index in [4.69, 9.17) is 22.1 Å². The van der Waals surface area contributed by atoms with E-state index in [1.165, 1.54) is 24.2 Å². The van der Waals surface area contributed by atoms with Crippen LogP contribution in [0.3, 0.4) is 0 Å². The van der Waals surface area contributed by atoms with E-state index >= 15 is 0 Å². The van der Waals surface area contributed by atoms with Crippen molar-refractivity contribution in [3.8, 4) is 5.75 Å². The molecule has 0 bridgehead atoms. The molecule has 0 radical (unpaired) electrons. The number of ether oxygens (including phenoxy) is 1. The van der Waals surface area contributed by atoms with Crippen molar-refractivity contribution < 1.29 is 9.66 Å². The second-order valence-electron chi connectivity index (χ2n) is 4.56. The van der Waals surface area contributed by atoms with Crippen molar-refractivity contribution in [2.24, 2.45) is 10.8 Å². The summed E-state index contributed by atoms with van der Waals surface area (Å²) in [5, 5.41) is 18.6. The van der Waals surface area contributed by atoms with E-state index in [9.17, 15) is 10.1 Å². The molecule has 1 heterocycles. The van der Waals surface area contributed by atoms with Gasteiger partial charge in [-0.05, 0) is 40.9 Å². The fourth-order valence-electron chi connectivity index (χ4n) is 1.94. The molecular weight excluding hydrogens is 356 g/mol. The minimum atomic E-state index is -0.638. The summed E-state index contributed by atoms with van der Waals surface area (Å²) >= 11 is 10.5. The van der Waals surface area contributed by atoms with Crippen LogP contribution in [0.2, 0.25) is 5.02 Å². The second-order valence-corrected chi connectivity index (χ2v) is 5.41. The summed E-state index contributed by atoms with van der Waals surface area (Å²) in [4.78, 5) is 10.2. The zero-order valence-corrected chi connectivity index (χ0v) is 14.0. The van der Waals surface area contributed by atoms with Gasteiger partial charge in [-0.1, -0.05) is 11.6 Å². The van der Waals surface area contributed by atoms with Crippen LogP contribution in [0.5, 0.6) is 5.75 Å². The molecule has 0 aliphatic heterocycles. The molecule has 9 nitrogen and oxygen atoms in total. The van der Waals surface area contributed by atoms with Crippen molar-refractivity contribution >= 4 is 41.0 Å². The predicted molar refractivity (Wildman–Crippen MR) is 93.5 cm³/mol. The Morgan fingerprint density at radius 2 is 2.42 bits per heavy atom. The highest BCUT2D eigenvalue weighted by Gasteiger charge is 2.19. The molecule has 0 unspecified atom stereocenters. The molecule has 0 fully saturated rings. The Morgan fingerprint density at radius 3 is 3.00 bits per heavy atom. The molecule has 126 valence electrons. The van der Waals surface area contributed by atoms with Crippen molar-refractivity contribution in [3.05, 3.63) is 50.7 Å². The highest BCUT2D eigenvalue weighted by molar-refractivity contribution is 7.80. The molecule has 0 amide bonds. The first-order valence-electron chi connectivity index (χ1n) is 6.53. The Morgan fingerprint density at radius 1 is 1.67 bits per heavy atom. The van der Waals surface area contributed by atoms with Crippen LogP contribution in [-0.4, -0.2) is 33.1 Å². The van der Waals surface area contributed by atoms with Gasteiger partial charge in [0, 0.05) is 5.56 Å². The summed E-state index contributed by atoms with van der Waals surface area (Å²) in [6, 6.07) is 5.33. The SMILES string of the molecule is COc1ccc(C=NNC(N)=S)cc1Cn1cc(Cl)c([N+](=O)[O-])n1. The van der Waals surface area contributed by atoms with E-state index in [1.54, 1.807) is 18.2 Å². The molecule has 2 rings (SSSR count). The van der Waals surface area contributed by atoms with Crippen LogP contribution in [-0.2, 0) is 6.54 Å². The molecule has 3 N–H and O–H groups in total. The molecule has 0 aliphatic carbocycles. The van der Waals surface area contributed by atoms with Gasteiger partial charge < -0.3 is 20.6 Å². The fourth-order valence-corrected chi connectivity index (χ4v) is 2.21. The number of nitrogens with one attached hydrogen (secondary N) is 1. The largest absolute Gasteiger partial charge is 0.496 e. The van der Waals surface area contributed by atoms with Crippen molar-refractivity contribution in [3.63, 3.8) is 0 Å². The topological polar surface area (TPSA) is 121 Å². The number of nitrogens with zero attached hydrogens (tertiary/aromatic N) is 4. The van der Waals surface area contributed by atoms with Gasteiger partial charge in [0.15, 0.2) is 10.1 Å². The molecule has 11 heteroatoms. The number of rotatable bonds is 6. The maximum absolute atomic E-state index is 10.8. The monoisotopic (exact) mass is 368 g/mol. The maximum Gasteiger partial charge on any atom is 0.408 e. The Balaban J connectivity index is 2.27. The first kappa shape index (κ1) is 17.6. The molecule has 2 aromatic rings. The molecular formula is C13H13ClN6O3S. The van der Waals surface area contributed by atoms with Gasteiger partial charge in [-0.25, -0.2) is 0 Å². The number of hydrazone groups is 1. The third-order valence-corrected chi connectivity index (χ3v) is 3.26. The smallest absolute Gasteiger partial charge is 0.408 e. The molecule has 0 aliphatic rings. The summed E-state index contributed by atoms with van der Waals surface area (Å²) < 4.78 is 6.66. The van der Waals surface area contributed by atoms with Gasteiger partial charge >= 0.3 is 5.82 Å². The third-order valence-electron chi connectivity index (χ3n) is 2.90. The van der Waals surface area contributed by atoms with Gasteiger partial charge in [0.2, 0.25) is 0 Å². The van der Waals surface area contributed by atoms with Gasteiger partial charge in [-0.15, -0.1) is 0 Å². The van der Waals surface area contributed by atoms with Gasteiger partial charge in [0.1, 0.15) is 5.75 Å². The normalized spacial score (nSPS) is 10.8. The summed E-state index contributed by atoms with van der Waals surface area (Å²) in [7, 11) is 1.53. The average Bonchev–Trinajstić information content (AvgIpc) is 2.88. The van der Waals surface area contributed by atoms with Crippen LogP contribution in [0, 0.1) is 10.1 Å². The quantitative estimate of drug-likeness (QED) is 0.344. The lowest BCUT2D eigenvalue weighted by Gasteiger charge is -2.08. The lowest BCUT2D eigenvalue weighted by Crippen LogP contribution is -2.24. The fraction of sp³-hybridized carbons (Fsp3) is 0.154. The summed E-state index contributed by atoms with van der Waals surface area (Å²) in [5.41, 5.74) is 9.23. The zero-order valence-electron chi connectivity index (χ0n) is 12.5. The van der Waals surface area contributed by atoms with E-state index in [-0.39, 0.29) is 16.7 Å². The van der Waals surface area contributed by atoms with Crippen molar-refractivity contribution in [1.82, 2.24) is 15.2 Å². The number of nitro groups is 1. The van der Waals surface area contributed by atoms with E-state index in [1.807, 2.05) is 0 Å². The number of methoxy groups -OCH3 is 1. The Bertz CT molecular complexity index is 807. The first-order valence-corrected chi connectivity index (χ1v) is 7.32. The standard InChI is InChI=1S/C13H13ClN6O3S/c1-23-11-3-2-8(5-16-17-13(15)24)4-9(11)6-19-7-10(14)12(18-19)20(21)22/h2-5,7H,6H2,1H3,(H3,15,17,24). The Hall–Kier alpha value is -2.72. The molecule has 24 heavy (non-hydrogen) atoms. The minimum absolute atomic E-state index is 0.0302. The number of nitrogens with two attached hydrogens (primary N) is 1. The number of aromatic nitrogens is 2. The minimum Gasteiger partial charge on any atom is -0.496 e. The summed E-state index contributed by atoms with van der Waals surface area (Å²) in [6.07, 6.45) is 2.91. The predicted octanol–water partition coefficient (Wildman–Crippen LogP) is 1.67. The van der Waals surface area contributed by atoms with E-state index < -0.39 is 10.7 Å². The van der Waals surface area contributed by atoms with Crippen molar-refractivity contribution in [2.75, 3.05) is 7.11 Å². The van der Waals surface area contributed by atoms with Gasteiger partial charge in [0.25, 0.3) is 0 Å². The van der Waals surface area contributed by atoms with E-state index in [0.29, 0.717) is 5.75 Å². The van der Waals surface area contributed by atoms with Crippen molar-refractivity contribution in [2.45, 2.75) is 6.54 Å².